The van der Waals surface area contributed by atoms with Gasteiger partial charge in [0.15, 0.2) is 0 Å². The molecule has 0 heterocycles. The molecular weight excluding hydrogens is 376 g/mol. The first-order chi connectivity index (χ1) is 8.74. The van der Waals surface area contributed by atoms with Crippen molar-refractivity contribution in [2.75, 3.05) is 0 Å². The normalized spacial score (nSPS) is 10.8. The molecule has 0 aliphatic heterocycles. The SMILES string of the molecule is O=S(c1ccc(CBr)cc1)c1ccc(CBr)cc1. The maximum absolute atomic E-state index is 12.3. The van der Waals surface area contributed by atoms with Gasteiger partial charge in [-0.2, -0.15) is 0 Å². The number of hydrogen-bond acceptors (Lipinski definition) is 1. The first-order valence-electron chi connectivity index (χ1n) is 5.46. The lowest BCUT2D eigenvalue weighted by atomic mass is 10.2. The molecule has 1 nitrogen and oxygen atoms in total. The number of hydrogen-bond donors (Lipinski definition) is 0. The van der Waals surface area contributed by atoms with Crippen LogP contribution in [0, 0.1) is 0 Å². The van der Waals surface area contributed by atoms with Gasteiger partial charge in [-0.25, -0.2) is 4.21 Å². The summed E-state index contributed by atoms with van der Waals surface area (Å²) >= 11 is 6.80. The van der Waals surface area contributed by atoms with Crippen LogP contribution in [0.25, 0.3) is 0 Å². The van der Waals surface area contributed by atoms with E-state index in [4.69, 9.17) is 0 Å². The summed E-state index contributed by atoms with van der Waals surface area (Å²) in [4.78, 5) is 1.68. The molecule has 0 spiro atoms. The third-order valence-electron chi connectivity index (χ3n) is 2.58. The van der Waals surface area contributed by atoms with E-state index in [1.54, 1.807) is 0 Å². The van der Waals surface area contributed by atoms with E-state index in [2.05, 4.69) is 31.9 Å². The average molecular weight is 388 g/mol. The van der Waals surface area contributed by atoms with Crippen LogP contribution in [0.15, 0.2) is 58.3 Å². The van der Waals surface area contributed by atoms with Gasteiger partial charge in [0.1, 0.15) is 0 Å². The van der Waals surface area contributed by atoms with Crippen molar-refractivity contribution in [2.45, 2.75) is 20.5 Å². The molecule has 0 aliphatic carbocycles. The molecule has 0 radical (unpaired) electrons. The van der Waals surface area contributed by atoms with Crippen LogP contribution >= 0.6 is 31.9 Å². The van der Waals surface area contributed by atoms with Crippen LogP contribution in [-0.2, 0) is 21.5 Å². The smallest absolute Gasteiger partial charge is 0.0849 e. The van der Waals surface area contributed by atoms with Crippen LogP contribution in [0.2, 0.25) is 0 Å². The molecule has 0 fully saturated rings. The van der Waals surface area contributed by atoms with E-state index in [1.807, 2.05) is 48.5 Å². The molecule has 18 heavy (non-hydrogen) atoms. The quantitative estimate of drug-likeness (QED) is 0.698. The van der Waals surface area contributed by atoms with Gasteiger partial charge in [-0.1, -0.05) is 56.1 Å². The molecule has 0 atom stereocenters. The largest absolute Gasteiger partial charge is 0.249 e. The lowest BCUT2D eigenvalue weighted by Crippen LogP contribution is -1.93. The molecule has 4 heteroatoms. The molecule has 94 valence electrons. The number of rotatable bonds is 4. The lowest BCUT2D eigenvalue weighted by Gasteiger charge is -2.04. The zero-order valence-corrected chi connectivity index (χ0v) is 13.6. The summed E-state index contributed by atoms with van der Waals surface area (Å²) in [6.07, 6.45) is 0. The Balaban J connectivity index is 2.23. The molecule has 0 unspecified atom stereocenters. The van der Waals surface area contributed by atoms with Crippen molar-refractivity contribution in [2.24, 2.45) is 0 Å². The van der Waals surface area contributed by atoms with Crippen LogP contribution in [0.5, 0.6) is 0 Å². The highest BCUT2D eigenvalue weighted by atomic mass is 79.9. The van der Waals surface area contributed by atoms with Crippen LogP contribution < -0.4 is 0 Å². The van der Waals surface area contributed by atoms with E-state index >= 15 is 0 Å². The fourth-order valence-corrected chi connectivity index (χ4v) is 3.33. The van der Waals surface area contributed by atoms with Gasteiger partial charge >= 0.3 is 0 Å². The van der Waals surface area contributed by atoms with Gasteiger partial charge in [-0.15, -0.1) is 0 Å². The van der Waals surface area contributed by atoms with E-state index in [-0.39, 0.29) is 0 Å². The number of benzene rings is 2. The monoisotopic (exact) mass is 386 g/mol. The number of halogens is 2. The fraction of sp³-hybridized carbons (Fsp3) is 0.143. The molecule has 0 N–H and O–H groups in total. The Morgan fingerprint density at radius 3 is 1.33 bits per heavy atom. The van der Waals surface area contributed by atoms with Gasteiger partial charge in [0.25, 0.3) is 0 Å². The van der Waals surface area contributed by atoms with Gasteiger partial charge in [0.05, 0.1) is 10.8 Å². The zero-order chi connectivity index (χ0) is 13.0. The topological polar surface area (TPSA) is 17.1 Å². The van der Waals surface area contributed by atoms with Gasteiger partial charge in [0, 0.05) is 20.5 Å². The maximum atomic E-state index is 12.3. The Labute approximate surface area is 126 Å². The van der Waals surface area contributed by atoms with E-state index in [0.29, 0.717) is 0 Å². The molecule has 2 rings (SSSR count). The van der Waals surface area contributed by atoms with Crippen molar-refractivity contribution in [3.63, 3.8) is 0 Å². The van der Waals surface area contributed by atoms with Gasteiger partial charge < -0.3 is 0 Å². The molecule has 2 aromatic rings. The van der Waals surface area contributed by atoms with E-state index < -0.39 is 10.8 Å². The van der Waals surface area contributed by atoms with Crippen molar-refractivity contribution in [3.8, 4) is 0 Å². The summed E-state index contributed by atoms with van der Waals surface area (Å²) in [6.45, 7) is 0. The molecule has 0 aromatic heterocycles. The van der Waals surface area contributed by atoms with Crippen LogP contribution in [0.1, 0.15) is 11.1 Å². The van der Waals surface area contributed by atoms with Crippen molar-refractivity contribution >= 4 is 42.7 Å². The molecule has 0 saturated heterocycles. The minimum Gasteiger partial charge on any atom is -0.249 e. The summed E-state index contributed by atoms with van der Waals surface area (Å²) in [5, 5.41) is 1.64. The predicted molar refractivity (Wildman–Crippen MR) is 82.8 cm³/mol. The summed E-state index contributed by atoms with van der Waals surface area (Å²) in [5.74, 6) is 0. The van der Waals surface area contributed by atoms with Crippen molar-refractivity contribution < 1.29 is 4.21 Å². The molecule has 0 bridgehead atoms. The Kier molecular flexibility index (Phi) is 5.15. The maximum Gasteiger partial charge on any atom is 0.0849 e. The summed E-state index contributed by atoms with van der Waals surface area (Å²) in [7, 11) is -1.10. The highest BCUT2D eigenvalue weighted by molar-refractivity contribution is 9.08. The predicted octanol–water partition coefficient (Wildman–Crippen LogP) is 4.64. The lowest BCUT2D eigenvalue weighted by molar-refractivity contribution is 0.683. The van der Waals surface area contributed by atoms with Crippen molar-refractivity contribution in [1.29, 1.82) is 0 Å². The van der Waals surface area contributed by atoms with E-state index in [0.717, 1.165) is 20.5 Å². The fourth-order valence-electron chi connectivity index (χ4n) is 1.54. The van der Waals surface area contributed by atoms with Gasteiger partial charge in [-0.05, 0) is 35.4 Å². The minimum absolute atomic E-state index is 0.819. The van der Waals surface area contributed by atoms with Gasteiger partial charge in [0.2, 0.25) is 0 Å². The number of alkyl halides is 2. The third-order valence-corrected chi connectivity index (χ3v) is 5.28. The zero-order valence-electron chi connectivity index (χ0n) is 9.61. The second kappa shape index (κ2) is 6.64. The van der Waals surface area contributed by atoms with Crippen LogP contribution in [-0.4, -0.2) is 4.21 Å². The Bertz CT molecular complexity index is 485. The van der Waals surface area contributed by atoms with Crippen LogP contribution in [0.4, 0.5) is 0 Å². The molecule has 0 saturated carbocycles. The molecule has 0 aliphatic rings. The van der Waals surface area contributed by atoms with E-state index in [1.165, 1.54) is 11.1 Å². The van der Waals surface area contributed by atoms with E-state index in [9.17, 15) is 4.21 Å². The third kappa shape index (κ3) is 3.31. The minimum atomic E-state index is -1.10. The average Bonchev–Trinajstić information content (AvgIpc) is 2.47. The summed E-state index contributed by atoms with van der Waals surface area (Å²) in [5.41, 5.74) is 2.37. The van der Waals surface area contributed by atoms with Crippen molar-refractivity contribution in [3.05, 3.63) is 59.7 Å². The Hall–Kier alpha value is -0.450. The van der Waals surface area contributed by atoms with Gasteiger partial charge in [-0.3, -0.25) is 0 Å². The second-order valence-corrected chi connectivity index (χ2v) is 6.43. The summed E-state index contributed by atoms with van der Waals surface area (Å²) in [6, 6.07) is 15.7. The highest BCUT2D eigenvalue weighted by Crippen LogP contribution is 2.19. The van der Waals surface area contributed by atoms with Crippen LogP contribution in [0.3, 0.4) is 0 Å². The second-order valence-electron chi connectivity index (χ2n) is 3.82. The van der Waals surface area contributed by atoms with Crippen molar-refractivity contribution in [1.82, 2.24) is 0 Å². The standard InChI is InChI=1S/C14H12Br2OS/c15-9-11-1-5-13(6-2-11)18(17)14-7-3-12(10-16)4-8-14/h1-8H,9-10H2. The first kappa shape index (κ1) is 14.0. The summed E-state index contributed by atoms with van der Waals surface area (Å²) < 4.78 is 12.3. The first-order valence-corrected chi connectivity index (χ1v) is 8.85. The highest BCUT2D eigenvalue weighted by Gasteiger charge is 2.06. The molecular formula is C14H12Br2OS. The molecule has 0 amide bonds. The Morgan fingerprint density at radius 1 is 0.722 bits per heavy atom. The Morgan fingerprint density at radius 2 is 1.06 bits per heavy atom. The molecule has 2 aromatic carbocycles.